The van der Waals surface area contributed by atoms with E-state index in [4.69, 9.17) is 9.84 Å². The number of benzene rings is 1. The molecule has 0 unspecified atom stereocenters. The average molecular weight is 192 g/mol. The highest BCUT2D eigenvalue weighted by molar-refractivity contribution is 6.01. The summed E-state index contributed by atoms with van der Waals surface area (Å²) in [5, 5.41) is 9.09. The Morgan fingerprint density at radius 1 is 1.50 bits per heavy atom. The zero-order chi connectivity index (χ0) is 10.1. The first-order chi connectivity index (χ1) is 6.74. The van der Waals surface area contributed by atoms with Crippen LogP contribution < -0.4 is 4.74 Å². The first-order valence-corrected chi connectivity index (χ1v) is 4.63. The van der Waals surface area contributed by atoms with E-state index in [2.05, 4.69) is 0 Å². The number of hydrogen-bond acceptors (Lipinski definition) is 3. The lowest BCUT2D eigenvalue weighted by molar-refractivity contribution is 0.0928. The Morgan fingerprint density at radius 2 is 2.29 bits per heavy atom. The van der Waals surface area contributed by atoms with Crippen LogP contribution in [0.5, 0.6) is 5.75 Å². The Bertz CT molecular complexity index is 382. The second kappa shape index (κ2) is 3.42. The number of aliphatic hydroxyl groups excluding tert-OH is 1. The molecule has 0 bridgehead atoms. The van der Waals surface area contributed by atoms with Crippen molar-refractivity contribution >= 4 is 5.78 Å². The van der Waals surface area contributed by atoms with Gasteiger partial charge in [-0.2, -0.15) is 0 Å². The van der Waals surface area contributed by atoms with Gasteiger partial charge in [-0.15, -0.1) is 0 Å². The topological polar surface area (TPSA) is 46.5 Å². The van der Waals surface area contributed by atoms with E-state index in [1.54, 1.807) is 6.07 Å². The third kappa shape index (κ3) is 1.30. The maximum absolute atomic E-state index is 11.6. The molecule has 1 aromatic carbocycles. The van der Waals surface area contributed by atoms with Gasteiger partial charge in [-0.25, -0.2) is 0 Å². The fraction of sp³-hybridized carbons (Fsp3) is 0.364. The molecule has 0 aliphatic carbocycles. The number of Topliss-reactive ketones (excluding diaryl/α,β-unsaturated/α-hetero) is 1. The summed E-state index contributed by atoms with van der Waals surface area (Å²) in [6.45, 7) is 2.23. The smallest absolute Gasteiger partial charge is 0.170 e. The predicted octanol–water partition coefficient (Wildman–Crippen LogP) is 1.45. The Kier molecular flexibility index (Phi) is 2.25. The fourth-order valence-electron chi connectivity index (χ4n) is 1.72. The van der Waals surface area contributed by atoms with Crippen molar-refractivity contribution < 1.29 is 14.6 Å². The summed E-state index contributed by atoms with van der Waals surface area (Å²) in [7, 11) is 0. The van der Waals surface area contributed by atoms with Gasteiger partial charge in [-0.1, -0.05) is 12.1 Å². The van der Waals surface area contributed by atoms with E-state index in [9.17, 15) is 4.79 Å². The number of carbonyl (C=O) groups excluding carboxylic acids is 1. The number of ether oxygens (including phenoxy) is 1. The van der Waals surface area contributed by atoms with Crippen LogP contribution in [0.15, 0.2) is 12.1 Å². The summed E-state index contributed by atoms with van der Waals surface area (Å²) in [5.74, 6) is 0.715. The van der Waals surface area contributed by atoms with Gasteiger partial charge in [0.05, 0.1) is 18.8 Å². The Balaban J connectivity index is 2.64. The zero-order valence-corrected chi connectivity index (χ0v) is 8.04. The molecule has 0 spiro atoms. The second-order valence-electron chi connectivity index (χ2n) is 3.43. The molecule has 1 N–H and O–H groups in total. The summed E-state index contributed by atoms with van der Waals surface area (Å²) in [5.41, 5.74) is 2.18. The lowest BCUT2D eigenvalue weighted by Gasteiger charge is -2.20. The highest BCUT2D eigenvalue weighted by atomic mass is 16.5. The summed E-state index contributed by atoms with van der Waals surface area (Å²) in [6.07, 6.45) is 0.406. The van der Waals surface area contributed by atoms with E-state index in [0.717, 1.165) is 5.56 Å². The number of fused-ring (bicyclic) bond motifs is 1. The van der Waals surface area contributed by atoms with Crippen molar-refractivity contribution in [2.45, 2.75) is 20.0 Å². The first kappa shape index (κ1) is 9.21. The Hall–Kier alpha value is -1.35. The van der Waals surface area contributed by atoms with Gasteiger partial charge >= 0.3 is 0 Å². The lowest BCUT2D eigenvalue weighted by Crippen LogP contribution is -2.18. The number of carbonyl (C=O) groups is 1. The standard InChI is InChI=1S/C11H12O3/c1-7-2-3-8(6-12)10-9(13)4-5-14-11(7)10/h2-3,12H,4-6H2,1H3. The monoisotopic (exact) mass is 192 g/mol. The molecular formula is C11H12O3. The van der Waals surface area contributed by atoms with Crippen LogP contribution in [-0.4, -0.2) is 17.5 Å². The third-order valence-electron chi connectivity index (χ3n) is 2.47. The van der Waals surface area contributed by atoms with E-state index in [-0.39, 0.29) is 12.4 Å². The van der Waals surface area contributed by atoms with E-state index in [1.807, 2.05) is 13.0 Å². The average Bonchev–Trinajstić information content (AvgIpc) is 2.20. The van der Waals surface area contributed by atoms with Crippen LogP contribution >= 0.6 is 0 Å². The van der Waals surface area contributed by atoms with Gasteiger partial charge in [0.1, 0.15) is 5.75 Å². The van der Waals surface area contributed by atoms with Crippen molar-refractivity contribution in [3.05, 3.63) is 28.8 Å². The summed E-state index contributed by atoms with van der Waals surface area (Å²) >= 11 is 0. The molecule has 74 valence electrons. The minimum absolute atomic E-state index is 0.0685. The molecule has 0 fully saturated rings. The molecule has 1 aromatic rings. The van der Waals surface area contributed by atoms with Crippen LogP contribution in [-0.2, 0) is 6.61 Å². The van der Waals surface area contributed by atoms with Crippen LogP contribution in [0.3, 0.4) is 0 Å². The second-order valence-corrected chi connectivity index (χ2v) is 3.43. The van der Waals surface area contributed by atoms with Crippen molar-refractivity contribution in [1.29, 1.82) is 0 Å². The lowest BCUT2D eigenvalue weighted by atomic mass is 9.96. The van der Waals surface area contributed by atoms with Gasteiger partial charge in [-0.3, -0.25) is 4.79 Å². The molecule has 0 atom stereocenters. The largest absolute Gasteiger partial charge is 0.492 e. The molecule has 0 saturated carbocycles. The number of aliphatic hydroxyl groups is 1. The van der Waals surface area contributed by atoms with Crippen LogP contribution in [0.2, 0.25) is 0 Å². The Morgan fingerprint density at radius 3 is 3.00 bits per heavy atom. The van der Waals surface area contributed by atoms with Gasteiger partial charge in [-0.05, 0) is 18.1 Å². The van der Waals surface area contributed by atoms with Crippen molar-refractivity contribution in [2.75, 3.05) is 6.61 Å². The minimum Gasteiger partial charge on any atom is -0.492 e. The van der Waals surface area contributed by atoms with Crippen LogP contribution in [0.1, 0.15) is 27.9 Å². The molecule has 0 saturated heterocycles. The van der Waals surface area contributed by atoms with Crippen LogP contribution in [0.25, 0.3) is 0 Å². The van der Waals surface area contributed by atoms with Crippen LogP contribution in [0, 0.1) is 6.92 Å². The minimum atomic E-state index is -0.113. The van der Waals surface area contributed by atoms with Crippen LogP contribution in [0.4, 0.5) is 0 Å². The van der Waals surface area contributed by atoms with Crippen molar-refractivity contribution in [3.8, 4) is 5.75 Å². The van der Waals surface area contributed by atoms with E-state index in [1.165, 1.54) is 0 Å². The molecule has 0 aromatic heterocycles. The summed E-state index contributed by atoms with van der Waals surface area (Å²) < 4.78 is 5.44. The number of rotatable bonds is 1. The van der Waals surface area contributed by atoms with Crippen molar-refractivity contribution in [2.24, 2.45) is 0 Å². The fourth-order valence-corrected chi connectivity index (χ4v) is 1.72. The molecule has 2 rings (SSSR count). The quantitative estimate of drug-likeness (QED) is 0.732. The van der Waals surface area contributed by atoms with Crippen molar-refractivity contribution in [1.82, 2.24) is 0 Å². The summed E-state index contributed by atoms with van der Waals surface area (Å²) in [4.78, 5) is 11.6. The molecule has 3 nitrogen and oxygen atoms in total. The van der Waals surface area contributed by atoms with Gasteiger partial charge in [0.15, 0.2) is 5.78 Å². The number of hydrogen-bond donors (Lipinski definition) is 1. The molecule has 3 heteroatoms. The van der Waals surface area contributed by atoms with Gasteiger partial charge < -0.3 is 9.84 Å². The maximum atomic E-state index is 11.6. The van der Waals surface area contributed by atoms with Gasteiger partial charge in [0.25, 0.3) is 0 Å². The molecule has 1 aliphatic rings. The molecule has 0 radical (unpaired) electrons. The zero-order valence-electron chi connectivity index (χ0n) is 8.04. The van der Waals surface area contributed by atoms with E-state index >= 15 is 0 Å². The first-order valence-electron chi connectivity index (χ1n) is 4.63. The highest BCUT2D eigenvalue weighted by Gasteiger charge is 2.23. The molecule has 14 heavy (non-hydrogen) atoms. The predicted molar refractivity (Wildman–Crippen MR) is 51.5 cm³/mol. The normalized spacial score (nSPS) is 14.9. The Labute approximate surface area is 82.3 Å². The molecular weight excluding hydrogens is 180 g/mol. The number of ketones is 1. The third-order valence-corrected chi connectivity index (χ3v) is 2.47. The maximum Gasteiger partial charge on any atom is 0.170 e. The van der Waals surface area contributed by atoms with E-state index < -0.39 is 0 Å². The molecule has 1 aliphatic heterocycles. The summed E-state index contributed by atoms with van der Waals surface area (Å²) in [6, 6.07) is 3.64. The molecule has 1 heterocycles. The van der Waals surface area contributed by atoms with Gasteiger partial charge in [0.2, 0.25) is 0 Å². The van der Waals surface area contributed by atoms with E-state index in [0.29, 0.717) is 29.9 Å². The number of aryl methyl sites for hydroxylation is 1. The van der Waals surface area contributed by atoms with Gasteiger partial charge in [0, 0.05) is 6.42 Å². The SMILES string of the molecule is Cc1ccc(CO)c2c1OCCC2=O. The van der Waals surface area contributed by atoms with Crippen molar-refractivity contribution in [3.63, 3.8) is 0 Å². The highest BCUT2D eigenvalue weighted by Crippen LogP contribution is 2.31. The molecule has 0 amide bonds.